The lowest BCUT2D eigenvalue weighted by Gasteiger charge is -2.19. The molecule has 0 aliphatic heterocycles. The minimum Gasteiger partial charge on any atom is -0.377 e. The molecule has 1 aromatic heterocycles. The molecule has 0 saturated heterocycles. The lowest BCUT2D eigenvalue weighted by molar-refractivity contribution is 0.549. The number of benzene rings is 1. The number of thiazole rings is 1. The van der Waals surface area contributed by atoms with Crippen LogP contribution in [0.15, 0.2) is 34.7 Å². The molecule has 0 radical (unpaired) electrons. The summed E-state index contributed by atoms with van der Waals surface area (Å²) < 4.78 is 28.0. The largest absolute Gasteiger partial charge is 0.377 e. The van der Waals surface area contributed by atoms with E-state index < -0.39 is 10.0 Å². The standard InChI is InChI=1S/C15H21N3O2S2/c1-5-13(15-16-8-9-21-15)17-22(19,20)12-7-6-11(2)14(10-12)18(3)4/h6-10,13,17H,5H2,1-4H3/t13-/m1/s1. The Kier molecular flexibility index (Phi) is 5.20. The van der Waals surface area contributed by atoms with E-state index in [1.807, 2.05) is 44.3 Å². The summed E-state index contributed by atoms with van der Waals surface area (Å²) in [6, 6.07) is 4.87. The summed E-state index contributed by atoms with van der Waals surface area (Å²) in [6.45, 7) is 3.90. The maximum atomic E-state index is 12.6. The Labute approximate surface area is 136 Å². The van der Waals surface area contributed by atoms with E-state index >= 15 is 0 Å². The Hall–Kier alpha value is -1.44. The summed E-state index contributed by atoms with van der Waals surface area (Å²) in [5.74, 6) is 0. The molecule has 0 saturated carbocycles. The van der Waals surface area contributed by atoms with Gasteiger partial charge in [0.25, 0.3) is 0 Å². The molecule has 1 aromatic carbocycles. The van der Waals surface area contributed by atoms with Crippen LogP contribution in [0.5, 0.6) is 0 Å². The van der Waals surface area contributed by atoms with Crippen molar-refractivity contribution in [2.75, 3.05) is 19.0 Å². The van der Waals surface area contributed by atoms with Crippen molar-refractivity contribution in [3.63, 3.8) is 0 Å². The molecule has 1 heterocycles. The molecular weight excluding hydrogens is 318 g/mol. The van der Waals surface area contributed by atoms with E-state index in [2.05, 4.69) is 9.71 Å². The van der Waals surface area contributed by atoms with E-state index in [9.17, 15) is 8.42 Å². The summed E-state index contributed by atoms with van der Waals surface area (Å²) in [5.41, 5.74) is 1.93. The number of sulfonamides is 1. The smallest absolute Gasteiger partial charge is 0.241 e. The Balaban J connectivity index is 2.32. The van der Waals surface area contributed by atoms with Gasteiger partial charge in [-0.3, -0.25) is 0 Å². The van der Waals surface area contributed by atoms with E-state index in [1.54, 1.807) is 18.3 Å². The molecule has 120 valence electrons. The van der Waals surface area contributed by atoms with Gasteiger partial charge in [0.2, 0.25) is 10.0 Å². The zero-order valence-electron chi connectivity index (χ0n) is 13.2. The SMILES string of the molecule is CC[C@@H](NS(=O)(=O)c1ccc(C)c(N(C)C)c1)c1nccs1. The summed E-state index contributed by atoms with van der Waals surface area (Å²) in [5, 5.41) is 2.63. The highest BCUT2D eigenvalue weighted by Gasteiger charge is 2.22. The molecule has 0 fully saturated rings. The molecule has 7 heteroatoms. The second-order valence-electron chi connectivity index (χ2n) is 5.30. The van der Waals surface area contributed by atoms with Gasteiger partial charge in [-0.15, -0.1) is 11.3 Å². The first-order valence-electron chi connectivity index (χ1n) is 7.05. The predicted octanol–water partition coefficient (Wildman–Crippen LogP) is 2.95. The summed E-state index contributed by atoms with van der Waals surface area (Å²) >= 11 is 1.46. The van der Waals surface area contributed by atoms with E-state index in [0.29, 0.717) is 6.42 Å². The lowest BCUT2D eigenvalue weighted by Crippen LogP contribution is -2.28. The monoisotopic (exact) mass is 339 g/mol. The number of aromatic nitrogens is 1. The van der Waals surface area contributed by atoms with Crippen LogP contribution in [0.1, 0.15) is 30.0 Å². The number of hydrogen-bond acceptors (Lipinski definition) is 5. The minimum absolute atomic E-state index is 0.275. The quantitative estimate of drug-likeness (QED) is 0.879. The average Bonchev–Trinajstić information content (AvgIpc) is 2.98. The van der Waals surface area contributed by atoms with Crippen molar-refractivity contribution in [2.45, 2.75) is 31.2 Å². The van der Waals surface area contributed by atoms with Gasteiger partial charge in [0.05, 0.1) is 10.9 Å². The highest BCUT2D eigenvalue weighted by atomic mass is 32.2. The Morgan fingerprint density at radius 3 is 2.64 bits per heavy atom. The fraction of sp³-hybridized carbons (Fsp3) is 0.400. The second-order valence-corrected chi connectivity index (χ2v) is 7.94. The molecule has 0 unspecified atom stereocenters. The number of nitrogens with one attached hydrogen (secondary N) is 1. The molecule has 22 heavy (non-hydrogen) atoms. The number of nitrogens with zero attached hydrogens (tertiary/aromatic N) is 2. The first-order valence-corrected chi connectivity index (χ1v) is 9.41. The normalized spacial score (nSPS) is 13.1. The molecule has 2 rings (SSSR count). The topological polar surface area (TPSA) is 62.3 Å². The van der Waals surface area contributed by atoms with Crippen molar-refractivity contribution in [1.82, 2.24) is 9.71 Å². The van der Waals surface area contributed by atoms with Crippen LogP contribution in [0, 0.1) is 6.92 Å². The van der Waals surface area contributed by atoms with Gasteiger partial charge in [0, 0.05) is 31.4 Å². The molecule has 0 aliphatic rings. The highest BCUT2D eigenvalue weighted by Crippen LogP contribution is 2.25. The van der Waals surface area contributed by atoms with Crippen LogP contribution in [0.25, 0.3) is 0 Å². The van der Waals surface area contributed by atoms with Crippen LogP contribution in [0.3, 0.4) is 0 Å². The molecule has 0 aliphatic carbocycles. The summed E-state index contributed by atoms with van der Waals surface area (Å²) in [6.07, 6.45) is 2.34. The van der Waals surface area contributed by atoms with E-state index in [-0.39, 0.29) is 10.9 Å². The van der Waals surface area contributed by atoms with Crippen molar-refractivity contribution in [1.29, 1.82) is 0 Å². The van der Waals surface area contributed by atoms with Gasteiger partial charge in [-0.05, 0) is 31.0 Å². The molecule has 2 aromatic rings. The predicted molar refractivity (Wildman–Crippen MR) is 91.0 cm³/mol. The van der Waals surface area contributed by atoms with Crippen LogP contribution in [-0.4, -0.2) is 27.5 Å². The zero-order valence-corrected chi connectivity index (χ0v) is 14.8. The van der Waals surface area contributed by atoms with Crippen molar-refractivity contribution in [2.24, 2.45) is 0 Å². The van der Waals surface area contributed by atoms with Crippen LogP contribution < -0.4 is 9.62 Å². The van der Waals surface area contributed by atoms with Crippen molar-refractivity contribution >= 4 is 27.0 Å². The van der Waals surface area contributed by atoms with Crippen molar-refractivity contribution < 1.29 is 8.42 Å². The third-order valence-corrected chi connectivity index (χ3v) is 5.79. The molecule has 0 bridgehead atoms. The van der Waals surface area contributed by atoms with Gasteiger partial charge < -0.3 is 4.90 Å². The second kappa shape index (κ2) is 6.76. The number of rotatable bonds is 6. The van der Waals surface area contributed by atoms with Crippen molar-refractivity contribution in [3.8, 4) is 0 Å². The van der Waals surface area contributed by atoms with Crippen LogP contribution >= 0.6 is 11.3 Å². The number of aryl methyl sites for hydroxylation is 1. The maximum absolute atomic E-state index is 12.6. The number of hydrogen-bond donors (Lipinski definition) is 1. The Bertz CT molecular complexity index is 725. The van der Waals surface area contributed by atoms with Gasteiger partial charge >= 0.3 is 0 Å². The fourth-order valence-electron chi connectivity index (χ4n) is 2.21. The third kappa shape index (κ3) is 3.66. The van der Waals surface area contributed by atoms with Crippen LogP contribution in [0.4, 0.5) is 5.69 Å². The van der Waals surface area contributed by atoms with E-state index in [0.717, 1.165) is 16.3 Å². The first kappa shape index (κ1) is 16.9. The molecule has 5 nitrogen and oxygen atoms in total. The van der Waals surface area contributed by atoms with E-state index in [4.69, 9.17) is 0 Å². The van der Waals surface area contributed by atoms with Gasteiger partial charge in [0.15, 0.2) is 0 Å². The van der Waals surface area contributed by atoms with Gasteiger partial charge in [-0.2, -0.15) is 0 Å². The van der Waals surface area contributed by atoms with Crippen LogP contribution in [0.2, 0.25) is 0 Å². The summed E-state index contributed by atoms with van der Waals surface area (Å²) in [7, 11) is 0.218. The zero-order chi connectivity index (χ0) is 16.3. The molecule has 1 N–H and O–H groups in total. The Morgan fingerprint density at radius 2 is 2.09 bits per heavy atom. The average molecular weight is 339 g/mol. The highest BCUT2D eigenvalue weighted by molar-refractivity contribution is 7.89. The van der Waals surface area contributed by atoms with E-state index in [1.165, 1.54) is 11.3 Å². The minimum atomic E-state index is -3.58. The Morgan fingerprint density at radius 1 is 1.36 bits per heavy atom. The summed E-state index contributed by atoms with van der Waals surface area (Å²) in [4.78, 5) is 6.39. The van der Waals surface area contributed by atoms with Crippen molar-refractivity contribution in [3.05, 3.63) is 40.3 Å². The van der Waals surface area contributed by atoms with Gasteiger partial charge in [0.1, 0.15) is 5.01 Å². The molecule has 1 atom stereocenters. The first-order chi connectivity index (χ1) is 10.3. The number of anilines is 1. The van der Waals surface area contributed by atoms with Gasteiger partial charge in [-0.25, -0.2) is 18.1 Å². The third-order valence-electron chi connectivity index (χ3n) is 3.43. The van der Waals surface area contributed by atoms with Crippen LogP contribution in [-0.2, 0) is 10.0 Å². The molecular formula is C15H21N3O2S2. The molecule has 0 spiro atoms. The fourth-order valence-corrected chi connectivity index (χ4v) is 4.36. The maximum Gasteiger partial charge on any atom is 0.241 e. The lowest BCUT2D eigenvalue weighted by atomic mass is 10.2. The van der Waals surface area contributed by atoms with Gasteiger partial charge in [-0.1, -0.05) is 13.0 Å². The molecule has 0 amide bonds.